The van der Waals surface area contributed by atoms with Crippen molar-refractivity contribution in [2.45, 2.75) is 6.54 Å². The predicted molar refractivity (Wildman–Crippen MR) is 93.9 cm³/mol. The van der Waals surface area contributed by atoms with Gasteiger partial charge in [0, 0.05) is 49.3 Å². The third-order valence-electron chi connectivity index (χ3n) is 3.78. The molecule has 26 heavy (non-hydrogen) atoms. The molecule has 0 saturated carbocycles. The first-order valence-corrected chi connectivity index (χ1v) is 7.97. The summed E-state index contributed by atoms with van der Waals surface area (Å²) in [6.07, 6.45) is 11.9. The van der Waals surface area contributed by atoms with Crippen LogP contribution in [-0.4, -0.2) is 35.2 Å². The average molecular weight is 345 g/mol. The van der Waals surface area contributed by atoms with Crippen LogP contribution in [0.25, 0.3) is 11.6 Å². The Balaban J connectivity index is 1.46. The Labute approximate surface area is 149 Å². The molecule has 128 valence electrons. The molecule has 0 radical (unpaired) electrons. The third-order valence-corrected chi connectivity index (χ3v) is 3.78. The van der Waals surface area contributed by atoms with Gasteiger partial charge in [-0.15, -0.1) is 0 Å². The largest absolute Gasteiger partial charge is 0.348 e. The van der Waals surface area contributed by atoms with Gasteiger partial charge in [-0.2, -0.15) is 5.10 Å². The fourth-order valence-electron chi connectivity index (χ4n) is 2.48. The van der Waals surface area contributed by atoms with Gasteiger partial charge in [-0.1, -0.05) is 0 Å². The van der Waals surface area contributed by atoms with Gasteiger partial charge in [-0.05, 0) is 35.9 Å². The molecule has 4 aromatic heterocycles. The Morgan fingerprint density at radius 3 is 2.69 bits per heavy atom. The number of pyridine rings is 2. The van der Waals surface area contributed by atoms with Crippen molar-refractivity contribution < 1.29 is 4.79 Å². The third kappa shape index (κ3) is 3.34. The topological polar surface area (TPSA) is 90.5 Å². The van der Waals surface area contributed by atoms with Crippen LogP contribution in [0, 0.1) is 0 Å². The summed E-state index contributed by atoms with van der Waals surface area (Å²) in [5, 5.41) is 7.07. The van der Waals surface area contributed by atoms with Crippen molar-refractivity contribution in [3.63, 3.8) is 0 Å². The number of imidazole rings is 1. The van der Waals surface area contributed by atoms with E-state index < -0.39 is 0 Å². The van der Waals surface area contributed by atoms with Crippen LogP contribution in [0.15, 0.2) is 73.8 Å². The van der Waals surface area contributed by atoms with E-state index in [0.29, 0.717) is 23.7 Å². The average Bonchev–Trinajstić information content (AvgIpc) is 3.40. The van der Waals surface area contributed by atoms with E-state index in [4.69, 9.17) is 0 Å². The number of carbonyl (C=O) groups is 1. The molecule has 0 unspecified atom stereocenters. The zero-order valence-electron chi connectivity index (χ0n) is 13.7. The van der Waals surface area contributed by atoms with Gasteiger partial charge in [0.05, 0.1) is 0 Å². The molecule has 0 spiro atoms. The van der Waals surface area contributed by atoms with Crippen molar-refractivity contribution in [3.8, 4) is 11.6 Å². The monoisotopic (exact) mass is 345 g/mol. The number of hydrogen-bond acceptors (Lipinski definition) is 5. The highest BCUT2D eigenvalue weighted by atomic mass is 16.1. The molecule has 0 aliphatic rings. The zero-order valence-corrected chi connectivity index (χ0v) is 13.7. The lowest BCUT2D eigenvalue weighted by molar-refractivity contribution is 0.0950. The minimum Gasteiger partial charge on any atom is -0.348 e. The molecule has 0 aliphatic heterocycles. The summed E-state index contributed by atoms with van der Waals surface area (Å²) < 4.78 is 3.42. The summed E-state index contributed by atoms with van der Waals surface area (Å²) in [4.78, 5) is 25.0. The summed E-state index contributed by atoms with van der Waals surface area (Å²) in [5.74, 6) is 1.17. The minimum absolute atomic E-state index is 0.175. The van der Waals surface area contributed by atoms with E-state index in [9.17, 15) is 4.79 Å². The summed E-state index contributed by atoms with van der Waals surface area (Å²) >= 11 is 0. The highest BCUT2D eigenvalue weighted by molar-refractivity contribution is 5.94. The standard InChI is InChI=1S/C18H15N7O/c26-18(15-3-6-20-16(11-15)24-9-7-19-13-24)22-12-14-2-5-21-17(10-14)25-8-1-4-23-25/h1-11,13H,12H2,(H,22,26). The Kier molecular flexibility index (Phi) is 4.21. The smallest absolute Gasteiger partial charge is 0.251 e. The lowest BCUT2D eigenvalue weighted by atomic mass is 10.2. The van der Waals surface area contributed by atoms with Gasteiger partial charge in [0.25, 0.3) is 5.91 Å². The quantitative estimate of drug-likeness (QED) is 0.595. The summed E-state index contributed by atoms with van der Waals surface area (Å²) in [5.41, 5.74) is 1.47. The number of aromatic nitrogens is 6. The molecule has 8 heteroatoms. The number of nitrogens with one attached hydrogen (secondary N) is 1. The molecule has 4 heterocycles. The van der Waals surface area contributed by atoms with E-state index in [-0.39, 0.29) is 5.91 Å². The maximum atomic E-state index is 12.5. The Bertz CT molecular complexity index is 1010. The maximum absolute atomic E-state index is 12.5. The number of carbonyl (C=O) groups excluding carboxylic acids is 1. The number of hydrogen-bond donors (Lipinski definition) is 1. The first-order valence-electron chi connectivity index (χ1n) is 7.97. The van der Waals surface area contributed by atoms with Crippen LogP contribution in [0.1, 0.15) is 15.9 Å². The maximum Gasteiger partial charge on any atom is 0.251 e. The van der Waals surface area contributed by atoms with Gasteiger partial charge in [0.1, 0.15) is 12.1 Å². The van der Waals surface area contributed by atoms with Crippen molar-refractivity contribution in [2.75, 3.05) is 0 Å². The van der Waals surface area contributed by atoms with Crippen LogP contribution in [-0.2, 0) is 6.54 Å². The Morgan fingerprint density at radius 1 is 1.00 bits per heavy atom. The second-order valence-electron chi connectivity index (χ2n) is 5.53. The van der Waals surface area contributed by atoms with Crippen molar-refractivity contribution in [1.29, 1.82) is 0 Å². The van der Waals surface area contributed by atoms with E-state index >= 15 is 0 Å². The van der Waals surface area contributed by atoms with Crippen molar-refractivity contribution in [3.05, 3.63) is 85.0 Å². The predicted octanol–water partition coefficient (Wildman–Crippen LogP) is 1.78. The molecule has 0 bridgehead atoms. The molecule has 1 N–H and O–H groups in total. The van der Waals surface area contributed by atoms with E-state index in [0.717, 1.165) is 5.56 Å². The van der Waals surface area contributed by atoms with Crippen molar-refractivity contribution in [1.82, 2.24) is 34.6 Å². The molecule has 0 aromatic carbocycles. The summed E-state index contributed by atoms with van der Waals surface area (Å²) in [7, 11) is 0. The summed E-state index contributed by atoms with van der Waals surface area (Å²) in [6, 6.07) is 8.97. The van der Waals surface area contributed by atoms with Gasteiger partial charge < -0.3 is 5.32 Å². The molecular formula is C18H15N7O. The van der Waals surface area contributed by atoms with Crippen LogP contribution < -0.4 is 5.32 Å². The van der Waals surface area contributed by atoms with E-state index in [1.165, 1.54) is 0 Å². The fourth-order valence-corrected chi connectivity index (χ4v) is 2.48. The molecule has 0 aliphatic carbocycles. The van der Waals surface area contributed by atoms with Crippen LogP contribution >= 0.6 is 0 Å². The van der Waals surface area contributed by atoms with Gasteiger partial charge in [0.15, 0.2) is 5.82 Å². The van der Waals surface area contributed by atoms with Gasteiger partial charge in [-0.3, -0.25) is 9.36 Å². The van der Waals surface area contributed by atoms with E-state index in [1.54, 1.807) is 58.7 Å². The van der Waals surface area contributed by atoms with E-state index in [1.807, 2.05) is 24.4 Å². The summed E-state index contributed by atoms with van der Waals surface area (Å²) in [6.45, 7) is 0.387. The SMILES string of the molecule is O=C(NCc1ccnc(-n2cccn2)c1)c1ccnc(-n2ccnc2)c1. The second kappa shape index (κ2) is 6.98. The van der Waals surface area contributed by atoms with Crippen molar-refractivity contribution >= 4 is 5.91 Å². The van der Waals surface area contributed by atoms with Crippen LogP contribution in [0.3, 0.4) is 0 Å². The van der Waals surface area contributed by atoms with Gasteiger partial charge >= 0.3 is 0 Å². The molecule has 1 amide bonds. The van der Waals surface area contributed by atoms with Crippen LogP contribution in [0.5, 0.6) is 0 Å². The van der Waals surface area contributed by atoms with Crippen molar-refractivity contribution in [2.24, 2.45) is 0 Å². The zero-order chi connectivity index (χ0) is 17.8. The highest BCUT2D eigenvalue weighted by Gasteiger charge is 2.08. The fraction of sp³-hybridized carbons (Fsp3) is 0.0556. The van der Waals surface area contributed by atoms with Gasteiger partial charge in [-0.25, -0.2) is 19.6 Å². The molecule has 4 rings (SSSR count). The lowest BCUT2D eigenvalue weighted by Crippen LogP contribution is -2.23. The van der Waals surface area contributed by atoms with Gasteiger partial charge in [0.2, 0.25) is 0 Å². The molecule has 8 nitrogen and oxygen atoms in total. The normalized spacial score (nSPS) is 10.6. The number of amides is 1. The number of nitrogens with zero attached hydrogens (tertiary/aromatic N) is 6. The number of rotatable bonds is 5. The van der Waals surface area contributed by atoms with Crippen LogP contribution in [0.4, 0.5) is 0 Å². The second-order valence-corrected chi connectivity index (χ2v) is 5.53. The molecule has 0 atom stereocenters. The first kappa shape index (κ1) is 15.7. The molecular weight excluding hydrogens is 330 g/mol. The minimum atomic E-state index is -0.175. The highest BCUT2D eigenvalue weighted by Crippen LogP contribution is 2.09. The Morgan fingerprint density at radius 2 is 1.88 bits per heavy atom. The molecule has 0 fully saturated rings. The first-order chi connectivity index (χ1) is 12.8. The van der Waals surface area contributed by atoms with Crippen LogP contribution in [0.2, 0.25) is 0 Å². The lowest BCUT2D eigenvalue weighted by Gasteiger charge is -2.08. The molecule has 4 aromatic rings. The molecule has 0 saturated heterocycles. The Hall–Kier alpha value is -3.81. The van der Waals surface area contributed by atoms with E-state index in [2.05, 4.69) is 25.4 Å².